The topological polar surface area (TPSA) is 134 Å². The van der Waals surface area contributed by atoms with Crippen molar-refractivity contribution in [3.8, 4) is 11.5 Å². The van der Waals surface area contributed by atoms with Gasteiger partial charge >= 0.3 is 6.36 Å². The SMILES string of the molecule is O=C(NO)c1c(S(=O)(=O)N2CCC(Oc3ccc(OC(F)(F)F)cc3)CC2)ccc2[nH]cnc12.[HH]. The molecule has 1 aliphatic rings. The predicted octanol–water partition coefficient (Wildman–Crippen LogP) is 3.06. The Hall–Kier alpha value is -3.36. The first-order chi connectivity index (χ1) is 16.1. The minimum absolute atomic E-state index is 0. The van der Waals surface area contributed by atoms with Gasteiger partial charge in [0.2, 0.25) is 10.0 Å². The van der Waals surface area contributed by atoms with Crippen LogP contribution in [-0.4, -0.2) is 59.4 Å². The highest BCUT2D eigenvalue weighted by Gasteiger charge is 2.34. The number of hydrogen-bond acceptors (Lipinski definition) is 7. The van der Waals surface area contributed by atoms with E-state index in [2.05, 4.69) is 14.7 Å². The van der Waals surface area contributed by atoms with Crippen LogP contribution < -0.4 is 15.0 Å². The molecular weight excluding hydrogens is 481 g/mol. The zero-order valence-corrected chi connectivity index (χ0v) is 18.2. The molecule has 0 spiro atoms. The number of hydroxylamine groups is 1. The molecule has 3 aromatic rings. The highest BCUT2D eigenvalue weighted by atomic mass is 32.2. The number of sulfonamides is 1. The van der Waals surface area contributed by atoms with Crippen LogP contribution in [0.2, 0.25) is 0 Å². The molecule has 1 amide bonds. The van der Waals surface area contributed by atoms with E-state index in [4.69, 9.17) is 9.94 Å². The van der Waals surface area contributed by atoms with Crippen molar-refractivity contribution in [1.82, 2.24) is 19.8 Å². The number of imidazole rings is 1. The van der Waals surface area contributed by atoms with E-state index in [9.17, 15) is 26.4 Å². The second-order valence-electron chi connectivity index (χ2n) is 7.42. The summed E-state index contributed by atoms with van der Waals surface area (Å²) in [6, 6.07) is 7.67. The maximum atomic E-state index is 13.3. The van der Waals surface area contributed by atoms with Crippen LogP contribution in [0.3, 0.4) is 0 Å². The van der Waals surface area contributed by atoms with E-state index in [0.717, 1.165) is 12.1 Å². The number of piperidine rings is 1. The number of carbonyl (C=O) groups is 1. The summed E-state index contributed by atoms with van der Waals surface area (Å²) >= 11 is 0. The largest absolute Gasteiger partial charge is 0.573 e. The van der Waals surface area contributed by atoms with Crippen molar-refractivity contribution in [1.29, 1.82) is 0 Å². The number of carbonyl (C=O) groups excluding carboxylic acids is 1. The molecule has 14 heteroatoms. The fourth-order valence-electron chi connectivity index (χ4n) is 3.72. The number of fused-ring (bicyclic) bond motifs is 1. The quantitative estimate of drug-likeness (QED) is 0.348. The number of alkyl halides is 3. The fraction of sp³-hybridized carbons (Fsp3) is 0.300. The summed E-state index contributed by atoms with van der Waals surface area (Å²) in [5, 5.41) is 9.11. The Bertz CT molecular complexity index is 1290. The summed E-state index contributed by atoms with van der Waals surface area (Å²) in [6.45, 7) is 0.169. The second kappa shape index (κ2) is 9.12. The van der Waals surface area contributed by atoms with Crippen molar-refractivity contribution < 1.29 is 42.5 Å². The number of ether oxygens (including phenoxy) is 2. The van der Waals surface area contributed by atoms with Gasteiger partial charge in [0.25, 0.3) is 5.91 Å². The third-order valence-corrected chi connectivity index (χ3v) is 7.20. The number of hydrogen-bond donors (Lipinski definition) is 3. The second-order valence-corrected chi connectivity index (χ2v) is 9.33. The molecule has 0 atom stereocenters. The average Bonchev–Trinajstić information content (AvgIpc) is 3.27. The van der Waals surface area contributed by atoms with Crippen LogP contribution in [0.1, 0.15) is 24.6 Å². The predicted molar refractivity (Wildman–Crippen MR) is 113 cm³/mol. The maximum Gasteiger partial charge on any atom is 0.573 e. The molecule has 0 radical (unpaired) electrons. The van der Waals surface area contributed by atoms with E-state index in [0.29, 0.717) is 24.1 Å². The first-order valence-electron chi connectivity index (χ1n) is 10.0. The average molecular weight is 502 g/mol. The molecule has 0 bridgehead atoms. The zero-order chi connectivity index (χ0) is 24.5. The Balaban J connectivity index is 0.00000342. The van der Waals surface area contributed by atoms with Gasteiger partial charge in [-0.2, -0.15) is 4.31 Å². The maximum absolute atomic E-state index is 13.3. The Morgan fingerprint density at radius 1 is 1.15 bits per heavy atom. The Kier molecular flexibility index (Phi) is 6.38. The molecule has 184 valence electrons. The van der Waals surface area contributed by atoms with E-state index in [1.807, 2.05) is 0 Å². The molecule has 10 nitrogen and oxygen atoms in total. The molecule has 0 aliphatic carbocycles. The summed E-state index contributed by atoms with van der Waals surface area (Å²) in [4.78, 5) is 18.7. The lowest BCUT2D eigenvalue weighted by Gasteiger charge is -2.31. The van der Waals surface area contributed by atoms with Crippen molar-refractivity contribution >= 4 is 27.0 Å². The Labute approximate surface area is 192 Å². The molecule has 2 aromatic carbocycles. The normalized spacial score (nSPS) is 15.9. The van der Waals surface area contributed by atoms with Crippen LogP contribution in [0.15, 0.2) is 47.6 Å². The van der Waals surface area contributed by atoms with Gasteiger partial charge in [-0.1, -0.05) is 0 Å². The first-order valence-corrected chi connectivity index (χ1v) is 11.5. The van der Waals surface area contributed by atoms with E-state index in [-0.39, 0.29) is 42.3 Å². The van der Waals surface area contributed by atoms with Gasteiger partial charge < -0.3 is 14.5 Å². The van der Waals surface area contributed by atoms with Gasteiger partial charge in [0.15, 0.2) is 0 Å². The molecular formula is C20H21F3N4O6S. The van der Waals surface area contributed by atoms with E-state index < -0.39 is 22.3 Å². The van der Waals surface area contributed by atoms with Gasteiger partial charge in [-0.05, 0) is 49.2 Å². The number of amides is 1. The molecule has 1 fully saturated rings. The third-order valence-electron chi connectivity index (χ3n) is 5.26. The van der Waals surface area contributed by atoms with Crippen LogP contribution in [-0.2, 0) is 10.0 Å². The summed E-state index contributed by atoms with van der Waals surface area (Å²) in [5.41, 5.74) is 1.71. The van der Waals surface area contributed by atoms with Gasteiger partial charge in [-0.15, -0.1) is 13.2 Å². The third kappa shape index (κ3) is 4.93. The standard InChI is InChI=1S/C20H19F3N4O6S.H2/c21-20(22,23)33-14-3-1-12(2-4-14)32-13-7-9-27(10-8-13)34(30,31)16-6-5-15-18(25-11-24-15)17(16)19(28)26-29;/h1-6,11,13,29H,7-10H2,(H,24,25)(H,26,28);1H. The van der Waals surface area contributed by atoms with Crippen molar-refractivity contribution in [3.63, 3.8) is 0 Å². The van der Waals surface area contributed by atoms with Crippen molar-refractivity contribution in [2.45, 2.75) is 30.2 Å². The smallest absolute Gasteiger partial charge is 0.490 e. The van der Waals surface area contributed by atoms with E-state index in [1.165, 1.54) is 40.4 Å². The molecule has 0 unspecified atom stereocenters. The highest BCUT2D eigenvalue weighted by Crippen LogP contribution is 2.30. The molecule has 1 aromatic heterocycles. The molecule has 3 N–H and O–H groups in total. The number of aromatic amines is 1. The van der Waals surface area contributed by atoms with Crippen LogP contribution >= 0.6 is 0 Å². The van der Waals surface area contributed by atoms with Crippen LogP contribution in [0.4, 0.5) is 13.2 Å². The number of rotatable bonds is 6. The number of halogens is 3. The summed E-state index contributed by atoms with van der Waals surface area (Å²) in [7, 11) is -4.11. The highest BCUT2D eigenvalue weighted by molar-refractivity contribution is 7.89. The zero-order valence-electron chi connectivity index (χ0n) is 17.4. The van der Waals surface area contributed by atoms with E-state index >= 15 is 0 Å². The molecule has 34 heavy (non-hydrogen) atoms. The monoisotopic (exact) mass is 502 g/mol. The minimum atomic E-state index is -4.79. The van der Waals surface area contributed by atoms with E-state index in [1.54, 1.807) is 0 Å². The minimum Gasteiger partial charge on any atom is -0.490 e. The number of nitrogens with one attached hydrogen (secondary N) is 2. The Morgan fingerprint density at radius 2 is 1.79 bits per heavy atom. The van der Waals surface area contributed by atoms with Crippen molar-refractivity contribution in [3.05, 3.63) is 48.3 Å². The molecule has 2 heterocycles. The van der Waals surface area contributed by atoms with Crippen LogP contribution in [0.5, 0.6) is 11.5 Å². The van der Waals surface area contributed by atoms with Gasteiger partial charge in [-0.25, -0.2) is 18.9 Å². The summed E-state index contributed by atoms with van der Waals surface area (Å²) in [5.74, 6) is -1.06. The first kappa shape index (κ1) is 23.8. The van der Waals surface area contributed by atoms with Crippen LogP contribution in [0.25, 0.3) is 11.0 Å². The van der Waals surface area contributed by atoms with Gasteiger partial charge in [0.05, 0.1) is 22.3 Å². The van der Waals surface area contributed by atoms with Gasteiger partial charge in [-0.3, -0.25) is 10.0 Å². The number of benzene rings is 2. The van der Waals surface area contributed by atoms with Gasteiger partial charge in [0, 0.05) is 14.5 Å². The summed E-state index contributed by atoms with van der Waals surface area (Å²) in [6.07, 6.45) is -3.23. The fourth-order valence-corrected chi connectivity index (χ4v) is 5.38. The number of H-pyrrole nitrogens is 1. The van der Waals surface area contributed by atoms with Crippen molar-refractivity contribution in [2.75, 3.05) is 13.1 Å². The Morgan fingerprint density at radius 3 is 2.41 bits per heavy atom. The molecule has 1 saturated heterocycles. The number of aromatic nitrogens is 2. The lowest BCUT2D eigenvalue weighted by molar-refractivity contribution is -0.274. The molecule has 1 aliphatic heterocycles. The lowest BCUT2D eigenvalue weighted by Crippen LogP contribution is -2.42. The lowest BCUT2D eigenvalue weighted by atomic mass is 10.1. The molecule has 0 saturated carbocycles. The number of nitrogens with zero attached hydrogens (tertiary/aromatic N) is 2. The van der Waals surface area contributed by atoms with Crippen LogP contribution in [0, 0.1) is 0 Å². The van der Waals surface area contributed by atoms with Gasteiger partial charge in [0.1, 0.15) is 23.1 Å². The summed E-state index contributed by atoms with van der Waals surface area (Å²) < 4.78 is 74.2. The molecule has 4 rings (SSSR count). The van der Waals surface area contributed by atoms with Crippen molar-refractivity contribution in [2.24, 2.45) is 0 Å².